The van der Waals surface area contributed by atoms with Crippen LogP contribution >= 0.6 is 23.2 Å². The van der Waals surface area contributed by atoms with Crippen molar-refractivity contribution in [1.29, 1.82) is 0 Å². The van der Waals surface area contributed by atoms with E-state index in [9.17, 15) is 0 Å². The maximum atomic E-state index is 5.41. The Bertz CT molecular complexity index is 39.3. The molecule has 0 aliphatic heterocycles. The van der Waals surface area contributed by atoms with Gasteiger partial charge < -0.3 is 0 Å². The van der Waals surface area contributed by atoms with E-state index in [1.165, 1.54) is 0 Å². The quantitative estimate of drug-likeness (QED) is 0.379. The van der Waals surface area contributed by atoms with Crippen LogP contribution in [0.15, 0.2) is 0 Å². The monoisotopic (exact) mass is 152 g/mol. The first kappa shape index (κ1) is 7.01. The number of alkyl halides is 2. The highest BCUT2D eigenvalue weighted by Gasteiger charge is 2.09. The molecule has 0 amide bonds. The molecule has 32 valence electrons. The Kier molecular flexibility index (Phi) is 2.75. The number of hydrogen-bond donors (Lipinski definition) is 0. The van der Waals surface area contributed by atoms with E-state index >= 15 is 0 Å². The maximum absolute atomic E-state index is 5.41. The Balaban J connectivity index is 3.17. The van der Waals surface area contributed by atoms with E-state index in [2.05, 4.69) is 20.5 Å². The van der Waals surface area contributed by atoms with E-state index in [0.717, 1.165) is 0 Å². The molecule has 0 fully saturated rings. The first-order chi connectivity index (χ1) is 2.56. The molecular weight excluding hydrogens is 151 g/mol. The maximum Gasteiger partial charge on any atom is 0.0494 e. The van der Waals surface area contributed by atoms with E-state index in [4.69, 9.17) is 23.2 Å². The first-order valence-electron chi connectivity index (χ1n) is 1.31. The minimum absolute atomic E-state index is 0.336. The minimum Gasteiger partial charge on any atom is -0.127 e. The van der Waals surface area contributed by atoms with Gasteiger partial charge in [-0.1, -0.05) is 0 Å². The second-order valence-electron chi connectivity index (χ2n) is 0.935. The largest absolute Gasteiger partial charge is 0.127 e. The van der Waals surface area contributed by atoms with Gasteiger partial charge in [-0.3, -0.25) is 0 Å². The topological polar surface area (TPSA) is 0 Å². The van der Waals surface area contributed by atoms with Crippen molar-refractivity contribution < 1.29 is 0 Å². The van der Waals surface area contributed by atoms with Gasteiger partial charge in [0.1, 0.15) is 0 Å². The highest BCUT2D eigenvalue weighted by molar-refractivity contribution is 6.64. The van der Waals surface area contributed by atoms with Gasteiger partial charge in [0.15, 0.2) is 0 Å². The summed E-state index contributed by atoms with van der Waals surface area (Å²) < 4.78 is -0.610. The zero-order chi connectivity index (χ0) is 5.21. The first-order valence-corrected chi connectivity index (χ1v) is 3.22. The zero-order valence-corrected chi connectivity index (χ0v) is 6.47. The van der Waals surface area contributed by atoms with Gasteiger partial charge in [-0.25, -0.2) is 0 Å². The van der Waals surface area contributed by atoms with E-state index < -0.39 is 4.12 Å². The molecule has 6 heavy (non-hydrogen) atoms. The highest BCUT2D eigenvalue weighted by atomic mass is 35.5. The molecule has 0 aromatic heterocycles. The molecule has 0 nitrogen and oxygen atoms in total. The molecule has 0 aromatic carbocycles. The fraction of sp³-hybridized carbons (Fsp3) is 1.00. The van der Waals surface area contributed by atoms with Gasteiger partial charge in [-0.05, 0) is 0 Å². The van der Waals surface area contributed by atoms with Crippen LogP contribution in [0.3, 0.4) is 0 Å². The molecule has 0 saturated carbocycles. The third-order valence-corrected chi connectivity index (χ3v) is 1.66. The Hall–Kier alpha value is 1.01. The molecule has 0 aliphatic carbocycles. The van der Waals surface area contributed by atoms with Gasteiger partial charge in [-0.2, -0.15) is 0 Å². The Labute approximate surface area is 54.1 Å². The van der Waals surface area contributed by atoms with Gasteiger partial charge in [0, 0.05) is 30.5 Å². The molecule has 0 aromatic rings. The lowest BCUT2D eigenvalue weighted by atomic mass is 10.9. The summed E-state index contributed by atoms with van der Waals surface area (Å²) in [6.45, 7) is 0. The fourth-order valence-corrected chi connectivity index (χ4v) is 0. The smallest absolute Gasteiger partial charge is 0.0494 e. The molecule has 0 heterocycles. The number of rotatable bonds is 1. The predicted octanol–water partition coefficient (Wildman–Crippen LogP) is 0.455. The molecule has 0 unspecified atom stereocenters. The molecule has 0 bridgehead atoms. The molecule has 0 saturated heterocycles. The highest BCUT2D eigenvalue weighted by Crippen LogP contribution is 2.04. The van der Waals surface area contributed by atoms with Crippen molar-refractivity contribution in [2.24, 2.45) is 0 Å². The van der Waals surface area contributed by atoms with Gasteiger partial charge in [0.2, 0.25) is 0 Å². The Morgan fingerprint density at radius 3 is 1.67 bits per heavy atom. The van der Waals surface area contributed by atoms with Crippen LogP contribution in [-0.2, 0) is 0 Å². The van der Waals surface area contributed by atoms with Crippen LogP contribution in [-0.4, -0.2) is 30.5 Å². The van der Waals surface area contributed by atoms with Crippen LogP contribution in [0, 0.1) is 0 Å². The Morgan fingerprint density at radius 2 is 1.67 bits per heavy atom. The van der Waals surface area contributed by atoms with Crippen molar-refractivity contribution in [1.82, 2.24) is 0 Å². The average molecular weight is 153 g/mol. The lowest BCUT2D eigenvalue weighted by molar-refractivity contribution is 1.27. The molecule has 6 radical (unpaired) electrons. The summed E-state index contributed by atoms with van der Waals surface area (Å²) in [6.07, 6.45) is 0. The van der Waals surface area contributed by atoms with Crippen molar-refractivity contribution in [2.75, 3.05) is 5.88 Å². The summed E-state index contributed by atoms with van der Waals surface area (Å²) >= 11 is 10.7. The molecule has 4 heteroatoms. The second-order valence-corrected chi connectivity index (χ2v) is 4.69. The summed E-state index contributed by atoms with van der Waals surface area (Å²) in [5.74, 6) is 0.336. The van der Waals surface area contributed by atoms with Crippen molar-refractivity contribution in [3.05, 3.63) is 0 Å². The summed E-state index contributed by atoms with van der Waals surface area (Å²) in [4.78, 5) is 0. The molecular formula is C2H2Cl2Si2. The van der Waals surface area contributed by atoms with E-state index in [-0.39, 0.29) is 0 Å². The Morgan fingerprint density at radius 1 is 1.50 bits per heavy atom. The predicted molar refractivity (Wildman–Crippen MR) is 30.8 cm³/mol. The summed E-state index contributed by atoms with van der Waals surface area (Å²) in [5, 5.41) is 0. The summed E-state index contributed by atoms with van der Waals surface area (Å²) in [7, 11) is 6.14. The lowest BCUT2D eigenvalue weighted by Gasteiger charge is -2.06. The number of hydrogen-bond acceptors (Lipinski definition) is 0. The third-order valence-electron chi connectivity index (χ3n) is 0.184. The summed E-state index contributed by atoms with van der Waals surface area (Å²) in [5.41, 5.74) is 0. The second kappa shape index (κ2) is 2.35. The standard InChI is InChI=1S/C2H2Cl2Si2/c3-1-2(4,5)6/h1H2. The van der Waals surface area contributed by atoms with Crippen LogP contribution in [0.1, 0.15) is 0 Å². The summed E-state index contributed by atoms with van der Waals surface area (Å²) in [6, 6.07) is 0. The fourth-order valence-electron chi connectivity index (χ4n) is 0. The minimum atomic E-state index is -0.610. The zero-order valence-electron chi connectivity index (χ0n) is 2.96. The van der Waals surface area contributed by atoms with Gasteiger partial charge in [0.05, 0.1) is 0 Å². The van der Waals surface area contributed by atoms with Crippen molar-refractivity contribution in [3.8, 4) is 0 Å². The van der Waals surface area contributed by atoms with E-state index in [0.29, 0.717) is 5.88 Å². The number of halogens is 2. The van der Waals surface area contributed by atoms with E-state index in [1.54, 1.807) is 0 Å². The van der Waals surface area contributed by atoms with Crippen LogP contribution in [0.2, 0.25) is 0 Å². The van der Waals surface area contributed by atoms with Crippen molar-refractivity contribution >= 4 is 43.7 Å². The third kappa shape index (κ3) is 5.01. The van der Waals surface area contributed by atoms with Crippen LogP contribution in [0.5, 0.6) is 0 Å². The van der Waals surface area contributed by atoms with Gasteiger partial charge >= 0.3 is 0 Å². The van der Waals surface area contributed by atoms with E-state index in [1.807, 2.05) is 0 Å². The average Bonchev–Trinajstić information content (AvgIpc) is 1.35. The molecule has 0 rings (SSSR count). The van der Waals surface area contributed by atoms with Crippen LogP contribution in [0.25, 0.3) is 0 Å². The van der Waals surface area contributed by atoms with Crippen LogP contribution in [0.4, 0.5) is 0 Å². The van der Waals surface area contributed by atoms with Gasteiger partial charge in [0.25, 0.3) is 0 Å². The van der Waals surface area contributed by atoms with Crippen molar-refractivity contribution in [3.63, 3.8) is 0 Å². The van der Waals surface area contributed by atoms with Crippen LogP contribution < -0.4 is 0 Å². The molecule has 0 atom stereocenters. The lowest BCUT2D eigenvalue weighted by Crippen LogP contribution is -2.23. The SMILES string of the molecule is [Si]C([Si])(Cl)CCl. The molecule has 0 aliphatic rings. The van der Waals surface area contributed by atoms with Gasteiger partial charge in [-0.15, -0.1) is 23.2 Å². The molecule has 0 N–H and O–H groups in total. The normalized spacial score (nSPS) is 12.0. The molecule has 0 spiro atoms. The van der Waals surface area contributed by atoms with Crippen molar-refractivity contribution in [2.45, 2.75) is 4.12 Å².